The van der Waals surface area contributed by atoms with E-state index in [2.05, 4.69) is 22.4 Å². The van der Waals surface area contributed by atoms with E-state index in [0.717, 1.165) is 12.1 Å². The number of tetrazole rings is 1. The van der Waals surface area contributed by atoms with Gasteiger partial charge in [0.05, 0.1) is 5.69 Å². The molecule has 1 aromatic heterocycles. The van der Waals surface area contributed by atoms with Crippen LogP contribution in [0.2, 0.25) is 0 Å². The zero-order chi connectivity index (χ0) is 20.2. The first kappa shape index (κ1) is 18.8. The standard InChI is InChI=1S/C21H22N6O2/c1-2-16-6-8-17(9-7-16)20(28)25-10-12-26(13-11-25)21(29)18-4-3-5-19(14-18)27-15-22-23-24-27/h3-9,14-15H,2,10-13H2,1H3. The molecule has 0 atom stereocenters. The predicted molar refractivity (Wildman–Crippen MR) is 107 cm³/mol. The molecule has 2 aromatic carbocycles. The number of carbonyl (C=O) groups excluding carboxylic acids is 2. The third-order valence-corrected chi connectivity index (χ3v) is 5.17. The average molecular weight is 390 g/mol. The van der Waals surface area contributed by atoms with Crippen LogP contribution in [0.15, 0.2) is 54.9 Å². The molecule has 0 spiro atoms. The van der Waals surface area contributed by atoms with Crippen LogP contribution in [0.25, 0.3) is 5.69 Å². The Morgan fingerprint density at radius 1 is 0.897 bits per heavy atom. The van der Waals surface area contributed by atoms with Crippen molar-refractivity contribution in [2.45, 2.75) is 13.3 Å². The van der Waals surface area contributed by atoms with Crippen molar-refractivity contribution in [3.63, 3.8) is 0 Å². The molecule has 4 rings (SSSR count). The van der Waals surface area contributed by atoms with Crippen LogP contribution in [0.5, 0.6) is 0 Å². The molecule has 148 valence electrons. The molecule has 1 saturated heterocycles. The van der Waals surface area contributed by atoms with Crippen molar-refractivity contribution in [2.24, 2.45) is 0 Å². The summed E-state index contributed by atoms with van der Waals surface area (Å²) in [6.45, 7) is 4.14. The average Bonchev–Trinajstić information content (AvgIpc) is 3.33. The van der Waals surface area contributed by atoms with Gasteiger partial charge < -0.3 is 9.80 Å². The molecule has 8 nitrogen and oxygen atoms in total. The summed E-state index contributed by atoms with van der Waals surface area (Å²) in [6, 6.07) is 14.9. The Balaban J connectivity index is 1.39. The summed E-state index contributed by atoms with van der Waals surface area (Å²) in [5.41, 5.74) is 3.20. The van der Waals surface area contributed by atoms with Crippen LogP contribution in [0.1, 0.15) is 33.2 Å². The minimum atomic E-state index is -0.0562. The highest BCUT2D eigenvalue weighted by molar-refractivity contribution is 5.96. The van der Waals surface area contributed by atoms with Crippen LogP contribution in [0.4, 0.5) is 0 Å². The molecule has 8 heteroatoms. The van der Waals surface area contributed by atoms with Crippen molar-refractivity contribution in [1.29, 1.82) is 0 Å². The molecule has 0 unspecified atom stereocenters. The van der Waals surface area contributed by atoms with E-state index in [9.17, 15) is 9.59 Å². The number of piperazine rings is 1. The Kier molecular flexibility index (Phi) is 5.33. The summed E-state index contributed by atoms with van der Waals surface area (Å²) in [4.78, 5) is 29.2. The maximum atomic E-state index is 12.9. The van der Waals surface area contributed by atoms with Crippen LogP contribution >= 0.6 is 0 Å². The summed E-state index contributed by atoms with van der Waals surface area (Å²) in [5.74, 6) is -0.0419. The largest absolute Gasteiger partial charge is 0.335 e. The van der Waals surface area contributed by atoms with Gasteiger partial charge in [0.25, 0.3) is 11.8 Å². The minimum absolute atomic E-state index is 0.0143. The van der Waals surface area contributed by atoms with Crippen molar-refractivity contribution in [3.05, 3.63) is 71.5 Å². The van der Waals surface area contributed by atoms with Crippen molar-refractivity contribution < 1.29 is 9.59 Å². The smallest absolute Gasteiger partial charge is 0.254 e. The molecule has 1 fully saturated rings. The van der Waals surface area contributed by atoms with Crippen molar-refractivity contribution >= 4 is 11.8 Å². The van der Waals surface area contributed by atoms with E-state index in [1.54, 1.807) is 17.0 Å². The van der Waals surface area contributed by atoms with E-state index in [1.807, 2.05) is 41.3 Å². The molecule has 2 amide bonds. The first-order chi connectivity index (χ1) is 14.2. The summed E-state index contributed by atoms with van der Waals surface area (Å²) < 4.78 is 1.51. The Labute approximate surface area is 168 Å². The maximum absolute atomic E-state index is 12.9. The van der Waals surface area contributed by atoms with Gasteiger partial charge in [0.15, 0.2) is 0 Å². The lowest BCUT2D eigenvalue weighted by Crippen LogP contribution is -2.50. The van der Waals surface area contributed by atoms with Gasteiger partial charge in [-0.15, -0.1) is 5.10 Å². The van der Waals surface area contributed by atoms with Gasteiger partial charge in [-0.2, -0.15) is 0 Å². The lowest BCUT2D eigenvalue weighted by atomic mass is 10.1. The number of aromatic nitrogens is 4. The number of rotatable bonds is 4. The number of carbonyl (C=O) groups is 2. The SMILES string of the molecule is CCc1ccc(C(=O)N2CCN(C(=O)c3cccc(-n4cnnn4)c3)CC2)cc1. The minimum Gasteiger partial charge on any atom is -0.335 e. The number of nitrogens with zero attached hydrogens (tertiary/aromatic N) is 6. The second kappa shape index (κ2) is 8.22. The van der Waals surface area contributed by atoms with Gasteiger partial charge in [0.1, 0.15) is 6.33 Å². The zero-order valence-corrected chi connectivity index (χ0v) is 16.2. The fraction of sp³-hybridized carbons (Fsp3) is 0.286. The number of amides is 2. The number of hydrogen-bond donors (Lipinski definition) is 0. The second-order valence-electron chi connectivity index (χ2n) is 6.94. The van der Waals surface area contributed by atoms with Crippen molar-refractivity contribution in [3.8, 4) is 5.69 Å². The molecule has 0 aliphatic carbocycles. The third kappa shape index (κ3) is 4.01. The molecular weight excluding hydrogens is 368 g/mol. The molecule has 0 radical (unpaired) electrons. The van der Waals surface area contributed by atoms with Gasteiger partial charge in [-0.05, 0) is 52.7 Å². The topological polar surface area (TPSA) is 84.2 Å². The summed E-state index contributed by atoms with van der Waals surface area (Å²) in [6.07, 6.45) is 2.44. The lowest BCUT2D eigenvalue weighted by molar-refractivity contribution is 0.0535. The Morgan fingerprint density at radius 2 is 1.55 bits per heavy atom. The monoisotopic (exact) mass is 390 g/mol. The van der Waals surface area contributed by atoms with Crippen LogP contribution in [0, 0.1) is 0 Å². The van der Waals surface area contributed by atoms with Crippen molar-refractivity contribution in [2.75, 3.05) is 26.2 Å². The van der Waals surface area contributed by atoms with E-state index in [1.165, 1.54) is 16.6 Å². The van der Waals surface area contributed by atoms with Gasteiger partial charge in [0, 0.05) is 37.3 Å². The Bertz CT molecular complexity index is 992. The first-order valence-electron chi connectivity index (χ1n) is 9.66. The van der Waals surface area contributed by atoms with Gasteiger partial charge in [-0.1, -0.05) is 25.1 Å². The normalized spacial score (nSPS) is 14.1. The molecule has 29 heavy (non-hydrogen) atoms. The number of benzene rings is 2. The Morgan fingerprint density at radius 3 is 2.14 bits per heavy atom. The molecule has 1 aliphatic heterocycles. The molecule has 2 heterocycles. The van der Waals surface area contributed by atoms with Crippen LogP contribution in [-0.2, 0) is 6.42 Å². The van der Waals surface area contributed by atoms with E-state index < -0.39 is 0 Å². The number of aryl methyl sites for hydroxylation is 1. The molecular formula is C21H22N6O2. The quantitative estimate of drug-likeness (QED) is 0.679. The molecule has 3 aromatic rings. The molecule has 0 bridgehead atoms. The Hall–Kier alpha value is -3.55. The predicted octanol–water partition coefficient (Wildman–Crippen LogP) is 1.82. The van der Waals surface area contributed by atoms with Gasteiger partial charge in [0.2, 0.25) is 0 Å². The zero-order valence-electron chi connectivity index (χ0n) is 16.2. The summed E-state index contributed by atoms with van der Waals surface area (Å²) in [5, 5.41) is 11.1. The third-order valence-electron chi connectivity index (χ3n) is 5.17. The highest BCUT2D eigenvalue weighted by Gasteiger charge is 2.25. The summed E-state index contributed by atoms with van der Waals surface area (Å²) >= 11 is 0. The second-order valence-corrected chi connectivity index (χ2v) is 6.94. The lowest BCUT2D eigenvalue weighted by Gasteiger charge is -2.35. The maximum Gasteiger partial charge on any atom is 0.254 e. The highest BCUT2D eigenvalue weighted by atomic mass is 16.2. The van der Waals surface area contributed by atoms with E-state index in [4.69, 9.17) is 0 Å². The summed E-state index contributed by atoms with van der Waals surface area (Å²) in [7, 11) is 0. The van der Waals surface area contributed by atoms with Crippen LogP contribution in [-0.4, -0.2) is 68.0 Å². The first-order valence-corrected chi connectivity index (χ1v) is 9.66. The molecule has 0 N–H and O–H groups in total. The van der Waals surface area contributed by atoms with Gasteiger partial charge >= 0.3 is 0 Å². The van der Waals surface area contributed by atoms with E-state index in [0.29, 0.717) is 37.3 Å². The molecule has 0 saturated carbocycles. The fourth-order valence-electron chi connectivity index (χ4n) is 3.42. The van der Waals surface area contributed by atoms with Crippen LogP contribution < -0.4 is 0 Å². The van der Waals surface area contributed by atoms with Crippen molar-refractivity contribution in [1.82, 2.24) is 30.0 Å². The van der Waals surface area contributed by atoms with E-state index in [-0.39, 0.29) is 11.8 Å². The van der Waals surface area contributed by atoms with Crippen LogP contribution in [0.3, 0.4) is 0 Å². The van der Waals surface area contributed by atoms with E-state index >= 15 is 0 Å². The highest BCUT2D eigenvalue weighted by Crippen LogP contribution is 2.15. The van der Waals surface area contributed by atoms with Gasteiger partial charge in [-0.25, -0.2) is 4.68 Å². The fourth-order valence-corrected chi connectivity index (χ4v) is 3.42. The number of hydrogen-bond acceptors (Lipinski definition) is 5. The van der Waals surface area contributed by atoms with Gasteiger partial charge in [-0.3, -0.25) is 9.59 Å². The molecule has 1 aliphatic rings.